The fourth-order valence-corrected chi connectivity index (χ4v) is 7.32. The van der Waals surface area contributed by atoms with Gasteiger partial charge in [0.15, 0.2) is 6.04 Å². The number of esters is 1. The summed E-state index contributed by atoms with van der Waals surface area (Å²) in [6, 6.07) is 10.9. The summed E-state index contributed by atoms with van der Waals surface area (Å²) in [5, 5.41) is 22.3. The van der Waals surface area contributed by atoms with E-state index in [1.165, 1.54) is 0 Å². The monoisotopic (exact) mass is 709 g/mol. The number of carboxylic acids is 2. The van der Waals surface area contributed by atoms with Gasteiger partial charge in [0.2, 0.25) is 5.91 Å². The van der Waals surface area contributed by atoms with Gasteiger partial charge in [-0.05, 0) is 73.2 Å². The minimum atomic E-state index is -1.75. The fraction of sp³-hybridized carbons (Fsp3) is 0.564. The Bertz CT molecular complexity index is 1530. The molecule has 2 amide bonds. The highest BCUT2D eigenvalue weighted by Gasteiger charge is 2.51. The van der Waals surface area contributed by atoms with Crippen molar-refractivity contribution >= 4 is 29.9 Å². The van der Waals surface area contributed by atoms with Crippen LogP contribution in [0.4, 0.5) is 4.79 Å². The normalized spacial score (nSPS) is 15.0. The van der Waals surface area contributed by atoms with Gasteiger partial charge in [-0.15, -0.1) is 0 Å². The number of ether oxygens (including phenoxy) is 2. The highest BCUT2D eigenvalue weighted by atomic mass is 16.6. The van der Waals surface area contributed by atoms with Crippen molar-refractivity contribution in [1.82, 2.24) is 10.2 Å². The number of fused-ring (bicyclic) bond motifs is 3. The number of nitrogens with zero attached hydrogens (tertiary/aromatic N) is 1. The maximum Gasteiger partial charge on any atom is 0.417 e. The number of amides is 2. The molecule has 0 saturated carbocycles. The molecule has 12 heteroatoms. The number of nitrogens with two attached hydrogens (primary N) is 1. The zero-order valence-corrected chi connectivity index (χ0v) is 31.3. The van der Waals surface area contributed by atoms with Gasteiger partial charge in [-0.2, -0.15) is 0 Å². The molecule has 5 N–H and O–H groups in total. The lowest BCUT2D eigenvalue weighted by Crippen LogP contribution is -2.64. The first kappa shape index (κ1) is 41.1. The largest absolute Gasteiger partial charge is 0.481 e. The first-order chi connectivity index (χ1) is 23.6. The van der Waals surface area contributed by atoms with Crippen molar-refractivity contribution in [3.8, 4) is 11.1 Å². The number of carbonyl (C=O) groups excluding carboxylic acids is 3. The molecule has 0 heterocycles. The zero-order chi connectivity index (χ0) is 38.5. The van der Waals surface area contributed by atoms with E-state index in [4.69, 9.17) is 15.2 Å². The summed E-state index contributed by atoms with van der Waals surface area (Å²) in [6.45, 7) is 16.0. The lowest BCUT2D eigenvalue weighted by Gasteiger charge is -2.44. The molecule has 1 aliphatic rings. The molecule has 0 fully saturated rings. The fourth-order valence-electron chi connectivity index (χ4n) is 7.32. The first-order valence-electron chi connectivity index (χ1n) is 17.4. The first-order valence-corrected chi connectivity index (χ1v) is 17.4. The Hall–Kier alpha value is -4.29. The van der Waals surface area contributed by atoms with Crippen molar-refractivity contribution in [2.45, 2.75) is 111 Å². The van der Waals surface area contributed by atoms with Crippen LogP contribution in [0.1, 0.15) is 98.6 Å². The molecule has 12 nitrogen and oxygen atoms in total. The Morgan fingerprint density at radius 2 is 1.35 bits per heavy atom. The van der Waals surface area contributed by atoms with Crippen molar-refractivity contribution in [2.24, 2.45) is 22.5 Å². The predicted molar refractivity (Wildman–Crippen MR) is 193 cm³/mol. The Balaban J connectivity index is 2.22. The van der Waals surface area contributed by atoms with Crippen molar-refractivity contribution in [3.63, 3.8) is 0 Å². The number of carboxylic acid groups (broad SMARTS) is 2. The van der Waals surface area contributed by atoms with Gasteiger partial charge in [0.05, 0.1) is 6.42 Å². The zero-order valence-electron chi connectivity index (χ0n) is 31.3. The highest BCUT2D eigenvalue weighted by molar-refractivity contribution is 5.99. The van der Waals surface area contributed by atoms with Gasteiger partial charge in [-0.1, -0.05) is 90.1 Å². The third-order valence-corrected chi connectivity index (χ3v) is 8.87. The van der Waals surface area contributed by atoms with Gasteiger partial charge in [-0.25, -0.2) is 14.5 Å². The smallest absolute Gasteiger partial charge is 0.417 e. The average Bonchev–Trinajstić information content (AvgIpc) is 3.31. The van der Waals surface area contributed by atoms with E-state index in [9.17, 15) is 29.4 Å². The van der Waals surface area contributed by atoms with Crippen LogP contribution in [0.15, 0.2) is 48.5 Å². The van der Waals surface area contributed by atoms with Crippen LogP contribution in [0.3, 0.4) is 0 Å². The standard InChI is InChI=1S/C39H55N3O9/c1-37(2,3)32(38(4,5)6)33(45)42(36(49)50-22-27-25-17-12-10-15-23(25)24-16-11-13-18-26(24)27)31(35(48)51-39(7,8)9)28(19-14-20-40)41-29(34(46)47)21-30(43)44/h10-13,15-18,27-29,31-32,41H,14,19-22,40H2,1-9H3,(H,43,44)(H,46,47)/t28?,29-,31-/m0/s1. The summed E-state index contributed by atoms with van der Waals surface area (Å²) in [5.74, 6) is -5.80. The van der Waals surface area contributed by atoms with E-state index in [1.807, 2.05) is 90.1 Å². The van der Waals surface area contributed by atoms with Crippen LogP contribution in [0.2, 0.25) is 0 Å². The SMILES string of the molecule is CC(C)(C)OC(=O)[C@H](C(CCCN)N[C@@H](CC(=O)O)C(=O)O)N(C(=O)OCC1c2ccccc2-c2ccccc21)C(=O)C(C(C)(C)C)C(C)(C)C. The van der Waals surface area contributed by atoms with Gasteiger partial charge in [0.1, 0.15) is 18.2 Å². The molecule has 0 radical (unpaired) electrons. The second-order valence-corrected chi connectivity index (χ2v) is 16.3. The minimum absolute atomic E-state index is 0.0000529. The lowest BCUT2D eigenvalue weighted by atomic mass is 9.66. The van der Waals surface area contributed by atoms with E-state index in [1.54, 1.807) is 20.8 Å². The van der Waals surface area contributed by atoms with Crippen molar-refractivity contribution in [2.75, 3.05) is 13.2 Å². The quantitative estimate of drug-likeness (QED) is 0.174. The van der Waals surface area contributed by atoms with Crippen LogP contribution in [0, 0.1) is 16.7 Å². The lowest BCUT2D eigenvalue weighted by molar-refractivity contribution is -0.168. The van der Waals surface area contributed by atoms with E-state index < -0.39 is 76.8 Å². The molecular formula is C39H55N3O9. The Kier molecular flexibility index (Phi) is 13.2. The molecule has 51 heavy (non-hydrogen) atoms. The van der Waals surface area contributed by atoms with Crippen LogP contribution in [0.25, 0.3) is 11.1 Å². The number of imide groups is 1. The summed E-state index contributed by atoms with van der Waals surface area (Å²) >= 11 is 0. The van der Waals surface area contributed by atoms with Crippen LogP contribution < -0.4 is 11.1 Å². The van der Waals surface area contributed by atoms with E-state index >= 15 is 4.79 Å². The number of benzene rings is 2. The molecule has 1 unspecified atom stereocenters. The third kappa shape index (κ3) is 10.4. The van der Waals surface area contributed by atoms with Gasteiger partial charge in [0.25, 0.3) is 0 Å². The maximum atomic E-state index is 15.0. The molecule has 3 rings (SSSR count). The van der Waals surface area contributed by atoms with Crippen LogP contribution in [-0.2, 0) is 28.7 Å². The minimum Gasteiger partial charge on any atom is -0.481 e. The predicted octanol–water partition coefficient (Wildman–Crippen LogP) is 5.81. The number of aliphatic carboxylic acids is 2. The van der Waals surface area contributed by atoms with E-state index in [2.05, 4.69) is 5.32 Å². The van der Waals surface area contributed by atoms with E-state index in [0.29, 0.717) is 0 Å². The summed E-state index contributed by atoms with van der Waals surface area (Å²) in [4.78, 5) is 68.7. The maximum absolute atomic E-state index is 15.0. The van der Waals surface area contributed by atoms with Crippen molar-refractivity contribution in [1.29, 1.82) is 0 Å². The topological polar surface area (TPSA) is 186 Å². The number of hydrogen-bond acceptors (Lipinski definition) is 9. The van der Waals surface area contributed by atoms with Gasteiger partial charge >= 0.3 is 24.0 Å². The number of rotatable bonds is 14. The summed E-state index contributed by atoms with van der Waals surface area (Å²) < 4.78 is 11.8. The highest BCUT2D eigenvalue weighted by Crippen LogP contribution is 2.45. The Morgan fingerprint density at radius 1 is 0.843 bits per heavy atom. The molecule has 280 valence electrons. The molecule has 0 aromatic heterocycles. The molecule has 3 atom stereocenters. The summed E-state index contributed by atoms with van der Waals surface area (Å²) in [6.07, 6.45) is -1.70. The Labute approximate surface area is 301 Å². The second kappa shape index (κ2) is 16.4. The Morgan fingerprint density at radius 3 is 1.78 bits per heavy atom. The molecule has 2 aromatic rings. The van der Waals surface area contributed by atoms with E-state index in [-0.39, 0.29) is 31.9 Å². The molecule has 2 aromatic carbocycles. The summed E-state index contributed by atoms with van der Waals surface area (Å²) in [5.41, 5.74) is 7.21. The number of carbonyl (C=O) groups is 5. The molecule has 1 aliphatic carbocycles. The van der Waals surface area contributed by atoms with Crippen molar-refractivity contribution in [3.05, 3.63) is 59.7 Å². The number of nitrogens with one attached hydrogen (secondary N) is 1. The molecule has 0 spiro atoms. The van der Waals surface area contributed by atoms with Gasteiger partial charge in [0, 0.05) is 17.9 Å². The molecular weight excluding hydrogens is 654 g/mol. The third-order valence-electron chi connectivity index (χ3n) is 8.87. The van der Waals surface area contributed by atoms with Crippen LogP contribution >= 0.6 is 0 Å². The summed E-state index contributed by atoms with van der Waals surface area (Å²) in [7, 11) is 0. The molecule has 0 bridgehead atoms. The van der Waals surface area contributed by atoms with Crippen LogP contribution in [0.5, 0.6) is 0 Å². The molecule has 0 aliphatic heterocycles. The second-order valence-electron chi connectivity index (χ2n) is 16.3. The number of hydrogen-bond donors (Lipinski definition) is 4. The van der Waals surface area contributed by atoms with E-state index in [0.717, 1.165) is 27.2 Å². The average molecular weight is 710 g/mol. The van der Waals surface area contributed by atoms with Crippen LogP contribution in [-0.4, -0.2) is 81.9 Å². The molecule has 0 saturated heterocycles. The van der Waals surface area contributed by atoms with Gasteiger partial charge in [-0.3, -0.25) is 19.7 Å². The van der Waals surface area contributed by atoms with Crippen molar-refractivity contribution < 1.29 is 43.7 Å². The van der Waals surface area contributed by atoms with Gasteiger partial charge < -0.3 is 25.4 Å².